The Balaban J connectivity index is 0.00000264. The molecule has 1 heterocycles. The molecule has 1 aliphatic heterocycles. The van der Waals surface area contributed by atoms with Crippen molar-refractivity contribution >= 4 is 24.2 Å². The number of nitrogens with two attached hydrogens (primary N) is 1. The van der Waals surface area contributed by atoms with E-state index in [-0.39, 0.29) is 42.5 Å². The highest BCUT2D eigenvalue weighted by Crippen LogP contribution is 2.11. The van der Waals surface area contributed by atoms with Crippen molar-refractivity contribution in [3.05, 3.63) is 35.6 Å². The number of hydrogen-bond acceptors (Lipinski definition) is 3. The number of carbonyl (C=O) groups is 2. The lowest BCUT2D eigenvalue weighted by atomic mass is 10.1. The first-order valence-electron chi connectivity index (χ1n) is 7.52. The van der Waals surface area contributed by atoms with E-state index < -0.39 is 0 Å². The van der Waals surface area contributed by atoms with Crippen LogP contribution in [0.5, 0.6) is 0 Å². The van der Waals surface area contributed by atoms with Gasteiger partial charge in [-0.05, 0) is 18.6 Å². The predicted octanol–water partition coefficient (Wildman–Crippen LogP) is 1.20. The topological polar surface area (TPSA) is 66.6 Å². The first-order chi connectivity index (χ1) is 10.5. The molecule has 23 heavy (non-hydrogen) atoms. The van der Waals surface area contributed by atoms with E-state index in [0.29, 0.717) is 38.2 Å². The molecule has 1 fully saturated rings. The number of carbonyl (C=O) groups excluding carboxylic acids is 2. The van der Waals surface area contributed by atoms with E-state index in [1.54, 1.807) is 34.9 Å². The lowest BCUT2D eigenvalue weighted by molar-refractivity contribution is -0.139. The van der Waals surface area contributed by atoms with Gasteiger partial charge in [0.15, 0.2) is 0 Å². The summed E-state index contributed by atoms with van der Waals surface area (Å²) in [5.41, 5.74) is 6.03. The second kappa shape index (κ2) is 8.84. The monoisotopic (exact) mass is 343 g/mol. The van der Waals surface area contributed by atoms with Crippen LogP contribution in [0, 0.1) is 5.82 Å². The third-order valence-corrected chi connectivity index (χ3v) is 3.78. The van der Waals surface area contributed by atoms with Crippen LogP contribution in [0.25, 0.3) is 0 Å². The molecule has 5 nitrogen and oxygen atoms in total. The number of benzene rings is 1. The average Bonchev–Trinajstić information content (AvgIpc) is 2.49. The summed E-state index contributed by atoms with van der Waals surface area (Å²) in [7, 11) is 0. The summed E-state index contributed by atoms with van der Waals surface area (Å²) in [6.07, 6.45) is 0.379. The maximum atomic E-state index is 13.6. The Morgan fingerprint density at radius 3 is 2.17 bits per heavy atom. The van der Waals surface area contributed by atoms with E-state index in [9.17, 15) is 14.0 Å². The van der Waals surface area contributed by atoms with E-state index in [2.05, 4.69) is 0 Å². The van der Waals surface area contributed by atoms with Crippen molar-refractivity contribution in [2.75, 3.05) is 26.2 Å². The normalized spacial score (nSPS) is 15.8. The van der Waals surface area contributed by atoms with E-state index >= 15 is 0 Å². The summed E-state index contributed by atoms with van der Waals surface area (Å²) < 4.78 is 13.6. The Morgan fingerprint density at radius 2 is 1.65 bits per heavy atom. The van der Waals surface area contributed by atoms with Crippen LogP contribution in [-0.4, -0.2) is 53.8 Å². The summed E-state index contributed by atoms with van der Waals surface area (Å²) in [5, 5.41) is 0. The van der Waals surface area contributed by atoms with Crippen LogP contribution in [0.15, 0.2) is 24.3 Å². The van der Waals surface area contributed by atoms with Crippen molar-refractivity contribution in [3.63, 3.8) is 0 Å². The summed E-state index contributed by atoms with van der Waals surface area (Å²) in [5.74, 6) is -0.442. The van der Waals surface area contributed by atoms with Gasteiger partial charge < -0.3 is 15.5 Å². The fraction of sp³-hybridized carbons (Fsp3) is 0.500. The van der Waals surface area contributed by atoms with Crippen LogP contribution in [-0.2, 0) is 16.0 Å². The van der Waals surface area contributed by atoms with Crippen LogP contribution < -0.4 is 5.73 Å². The van der Waals surface area contributed by atoms with Gasteiger partial charge in [0.25, 0.3) is 0 Å². The highest BCUT2D eigenvalue weighted by Gasteiger charge is 2.24. The molecule has 1 atom stereocenters. The third-order valence-electron chi connectivity index (χ3n) is 3.78. The summed E-state index contributed by atoms with van der Waals surface area (Å²) >= 11 is 0. The molecule has 0 aliphatic carbocycles. The van der Waals surface area contributed by atoms with Gasteiger partial charge in [-0.25, -0.2) is 4.39 Å². The Labute approximate surface area is 142 Å². The molecular weight excluding hydrogens is 321 g/mol. The molecule has 0 spiro atoms. The van der Waals surface area contributed by atoms with Gasteiger partial charge in [0.2, 0.25) is 11.8 Å². The van der Waals surface area contributed by atoms with Crippen molar-refractivity contribution in [1.82, 2.24) is 9.80 Å². The van der Waals surface area contributed by atoms with Gasteiger partial charge in [-0.1, -0.05) is 18.2 Å². The molecule has 7 heteroatoms. The lowest BCUT2D eigenvalue weighted by Crippen LogP contribution is -2.51. The van der Waals surface area contributed by atoms with Crippen molar-refractivity contribution in [1.29, 1.82) is 0 Å². The Bertz CT molecular complexity index is 546. The van der Waals surface area contributed by atoms with Gasteiger partial charge in [0.1, 0.15) is 5.82 Å². The smallest absolute Gasteiger partial charge is 0.227 e. The summed E-state index contributed by atoms with van der Waals surface area (Å²) in [6, 6.07) is 6.14. The molecule has 0 saturated carbocycles. The first kappa shape index (κ1) is 19.4. The molecule has 2 amide bonds. The second-order valence-corrected chi connectivity index (χ2v) is 5.71. The molecule has 1 saturated heterocycles. The van der Waals surface area contributed by atoms with E-state index in [1.165, 1.54) is 6.07 Å². The van der Waals surface area contributed by atoms with Gasteiger partial charge in [-0.15, -0.1) is 12.4 Å². The number of piperazine rings is 1. The molecular formula is C16H23ClFN3O2. The van der Waals surface area contributed by atoms with Crippen molar-refractivity contribution in [2.45, 2.75) is 25.8 Å². The zero-order valence-corrected chi connectivity index (χ0v) is 14.0. The fourth-order valence-corrected chi connectivity index (χ4v) is 2.53. The molecule has 0 radical (unpaired) electrons. The number of hydrogen-bond donors (Lipinski definition) is 1. The SMILES string of the molecule is CC(N)CC(=O)N1CCN(C(=O)Cc2ccccc2F)CC1.Cl. The van der Waals surface area contributed by atoms with Gasteiger partial charge >= 0.3 is 0 Å². The van der Waals surface area contributed by atoms with Gasteiger partial charge in [-0.3, -0.25) is 9.59 Å². The largest absolute Gasteiger partial charge is 0.339 e. The van der Waals surface area contributed by atoms with Crippen molar-refractivity contribution in [3.8, 4) is 0 Å². The first-order valence-corrected chi connectivity index (χ1v) is 7.52. The number of nitrogens with zero attached hydrogens (tertiary/aromatic N) is 2. The second-order valence-electron chi connectivity index (χ2n) is 5.71. The maximum absolute atomic E-state index is 13.6. The number of halogens is 2. The van der Waals surface area contributed by atoms with Gasteiger partial charge in [0.05, 0.1) is 6.42 Å². The molecule has 0 aromatic heterocycles. The minimum absolute atomic E-state index is 0. The summed E-state index contributed by atoms with van der Waals surface area (Å²) in [4.78, 5) is 27.5. The molecule has 2 N–H and O–H groups in total. The van der Waals surface area contributed by atoms with Crippen LogP contribution in [0.3, 0.4) is 0 Å². The third kappa shape index (κ3) is 5.48. The average molecular weight is 344 g/mol. The van der Waals surface area contributed by atoms with E-state index in [0.717, 1.165) is 0 Å². The zero-order chi connectivity index (χ0) is 16.1. The van der Waals surface area contributed by atoms with Crippen molar-refractivity contribution in [2.24, 2.45) is 5.73 Å². The van der Waals surface area contributed by atoms with E-state index in [1.807, 2.05) is 0 Å². The van der Waals surface area contributed by atoms with Crippen LogP contribution in [0.4, 0.5) is 4.39 Å². The van der Waals surface area contributed by atoms with Crippen molar-refractivity contribution < 1.29 is 14.0 Å². The zero-order valence-electron chi connectivity index (χ0n) is 13.2. The minimum Gasteiger partial charge on any atom is -0.339 e. The minimum atomic E-state index is -0.360. The van der Waals surface area contributed by atoms with Crippen LogP contribution in [0.2, 0.25) is 0 Å². The molecule has 1 aromatic carbocycles. The lowest BCUT2D eigenvalue weighted by Gasteiger charge is -2.35. The Morgan fingerprint density at radius 1 is 1.13 bits per heavy atom. The quantitative estimate of drug-likeness (QED) is 0.893. The standard InChI is InChI=1S/C16H22FN3O2.ClH/c1-12(18)10-15(21)19-6-8-20(9-7-19)16(22)11-13-4-2-3-5-14(13)17;/h2-5,12H,6-11,18H2,1H3;1H. The van der Waals surface area contributed by atoms with Gasteiger partial charge in [0, 0.05) is 38.6 Å². The maximum Gasteiger partial charge on any atom is 0.227 e. The molecule has 1 aromatic rings. The predicted molar refractivity (Wildman–Crippen MR) is 88.8 cm³/mol. The van der Waals surface area contributed by atoms with Crippen LogP contribution in [0.1, 0.15) is 18.9 Å². The molecule has 2 rings (SSSR count). The Kier molecular flexibility index (Phi) is 7.45. The molecule has 128 valence electrons. The molecule has 1 unspecified atom stereocenters. The highest BCUT2D eigenvalue weighted by molar-refractivity contribution is 5.85. The molecule has 1 aliphatic rings. The number of amides is 2. The van der Waals surface area contributed by atoms with E-state index in [4.69, 9.17) is 5.73 Å². The highest BCUT2D eigenvalue weighted by atomic mass is 35.5. The molecule has 0 bridgehead atoms. The van der Waals surface area contributed by atoms with Gasteiger partial charge in [-0.2, -0.15) is 0 Å². The number of rotatable bonds is 4. The Hall–Kier alpha value is -1.66. The summed E-state index contributed by atoms with van der Waals surface area (Å²) in [6.45, 7) is 3.78. The fourth-order valence-electron chi connectivity index (χ4n) is 2.53. The van der Waals surface area contributed by atoms with Crippen LogP contribution >= 0.6 is 12.4 Å².